The predicted octanol–water partition coefficient (Wildman–Crippen LogP) is 3.21. The van der Waals surface area contributed by atoms with Crippen molar-refractivity contribution in [3.8, 4) is 11.8 Å². The number of methoxy groups -OCH3 is 1. The van der Waals surface area contributed by atoms with Crippen LogP contribution in [0.1, 0.15) is 26.7 Å². The molecule has 19 heavy (non-hydrogen) atoms. The quantitative estimate of drug-likeness (QED) is 0.854. The molecule has 0 radical (unpaired) electrons. The van der Waals surface area contributed by atoms with Crippen LogP contribution in [0.4, 0.5) is 5.69 Å². The van der Waals surface area contributed by atoms with Gasteiger partial charge in [0.2, 0.25) is 5.91 Å². The van der Waals surface area contributed by atoms with E-state index in [1.165, 1.54) is 0 Å². The number of amides is 1. The zero-order valence-corrected chi connectivity index (χ0v) is 11.6. The Balaban J connectivity index is 2.74. The molecular formula is C15H20N2O2. The van der Waals surface area contributed by atoms with Crippen LogP contribution in [0, 0.1) is 23.2 Å². The molecular weight excluding hydrogens is 240 g/mol. The monoisotopic (exact) mass is 260 g/mol. The fraction of sp³-hybridized carbons (Fsp3) is 0.467. The summed E-state index contributed by atoms with van der Waals surface area (Å²) in [6.07, 6.45) is 1.83. The summed E-state index contributed by atoms with van der Waals surface area (Å²) in [5.74, 6) is -0.142. The molecule has 0 spiro atoms. The van der Waals surface area contributed by atoms with Gasteiger partial charge in [0.05, 0.1) is 13.2 Å². The van der Waals surface area contributed by atoms with E-state index in [2.05, 4.69) is 11.4 Å². The first-order valence-corrected chi connectivity index (χ1v) is 6.46. The second kappa shape index (κ2) is 7.42. The average molecular weight is 260 g/mol. The minimum Gasteiger partial charge on any atom is -0.497 e. The summed E-state index contributed by atoms with van der Waals surface area (Å²) >= 11 is 0. The van der Waals surface area contributed by atoms with Crippen LogP contribution in [-0.2, 0) is 4.79 Å². The zero-order valence-electron chi connectivity index (χ0n) is 11.6. The normalized spacial score (nSPS) is 13.2. The Hall–Kier alpha value is -2.02. The smallest absolute Gasteiger partial charge is 0.242 e. The maximum absolute atomic E-state index is 12.1. The lowest BCUT2D eigenvalue weighted by Gasteiger charge is -2.16. The maximum atomic E-state index is 12.1. The molecule has 1 N–H and O–H groups in total. The number of hydrogen-bond donors (Lipinski definition) is 1. The molecule has 1 amide bonds. The number of nitrogens with one attached hydrogen (secondary N) is 1. The van der Waals surface area contributed by atoms with Gasteiger partial charge >= 0.3 is 0 Å². The highest BCUT2D eigenvalue weighted by Crippen LogP contribution is 2.21. The van der Waals surface area contributed by atoms with Gasteiger partial charge in [-0.3, -0.25) is 4.79 Å². The van der Waals surface area contributed by atoms with Crippen molar-refractivity contribution in [1.82, 2.24) is 0 Å². The van der Waals surface area contributed by atoms with Crippen LogP contribution in [0.2, 0.25) is 0 Å². The molecule has 4 heteroatoms. The van der Waals surface area contributed by atoms with Crippen LogP contribution < -0.4 is 10.1 Å². The Morgan fingerprint density at radius 2 is 2.26 bits per heavy atom. The number of rotatable bonds is 6. The molecule has 0 heterocycles. The molecule has 1 rings (SSSR count). The molecule has 0 aliphatic rings. The number of anilines is 1. The first kappa shape index (κ1) is 15.0. The first-order chi connectivity index (χ1) is 9.12. The van der Waals surface area contributed by atoms with Gasteiger partial charge in [0, 0.05) is 11.8 Å². The molecule has 1 aromatic carbocycles. The number of carbonyl (C=O) groups is 1. The molecule has 0 aromatic heterocycles. The molecule has 0 aliphatic carbocycles. The third-order valence-electron chi connectivity index (χ3n) is 3.07. The van der Waals surface area contributed by atoms with Crippen LogP contribution >= 0.6 is 0 Å². The second-order valence-corrected chi connectivity index (χ2v) is 4.59. The van der Waals surface area contributed by atoms with Crippen molar-refractivity contribution < 1.29 is 9.53 Å². The minimum absolute atomic E-state index is 0.0561. The van der Waals surface area contributed by atoms with Gasteiger partial charge in [-0.15, -0.1) is 0 Å². The van der Waals surface area contributed by atoms with Crippen molar-refractivity contribution in [2.45, 2.75) is 26.7 Å². The van der Waals surface area contributed by atoms with Gasteiger partial charge in [0.1, 0.15) is 11.7 Å². The van der Waals surface area contributed by atoms with Crippen LogP contribution in [-0.4, -0.2) is 13.0 Å². The lowest BCUT2D eigenvalue weighted by atomic mass is 9.90. The number of benzene rings is 1. The molecule has 1 aromatic rings. The van der Waals surface area contributed by atoms with Gasteiger partial charge in [-0.05, 0) is 24.5 Å². The lowest BCUT2D eigenvalue weighted by Crippen LogP contribution is -2.26. The van der Waals surface area contributed by atoms with Gasteiger partial charge in [-0.1, -0.05) is 26.3 Å². The zero-order chi connectivity index (χ0) is 14.3. The third-order valence-corrected chi connectivity index (χ3v) is 3.07. The van der Waals surface area contributed by atoms with E-state index >= 15 is 0 Å². The molecule has 0 bridgehead atoms. The molecule has 102 valence electrons. The third kappa shape index (κ3) is 4.29. The molecule has 0 aliphatic heterocycles. The van der Waals surface area contributed by atoms with Gasteiger partial charge in [-0.25, -0.2) is 0 Å². The molecule has 2 atom stereocenters. The van der Waals surface area contributed by atoms with E-state index in [0.29, 0.717) is 11.4 Å². The van der Waals surface area contributed by atoms with Gasteiger partial charge in [0.15, 0.2) is 0 Å². The molecule has 0 saturated carbocycles. The van der Waals surface area contributed by atoms with E-state index in [0.717, 1.165) is 12.8 Å². The molecule has 2 unspecified atom stereocenters. The number of nitriles is 1. The average Bonchev–Trinajstić information content (AvgIpc) is 2.40. The van der Waals surface area contributed by atoms with Crippen molar-refractivity contribution in [3.63, 3.8) is 0 Å². The van der Waals surface area contributed by atoms with Crippen LogP contribution in [0.3, 0.4) is 0 Å². The van der Waals surface area contributed by atoms with Crippen molar-refractivity contribution in [2.75, 3.05) is 12.4 Å². The number of ether oxygens (including phenoxy) is 1. The highest BCUT2D eigenvalue weighted by Gasteiger charge is 2.24. The topological polar surface area (TPSA) is 62.1 Å². The Morgan fingerprint density at radius 3 is 2.84 bits per heavy atom. The lowest BCUT2D eigenvalue weighted by molar-refractivity contribution is -0.119. The largest absolute Gasteiger partial charge is 0.497 e. The van der Waals surface area contributed by atoms with Crippen molar-refractivity contribution in [1.29, 1.82) is 5.26 Å². The van der Waals surface area contributed by atoms with E-state index < -0.39 is 5.92 Å². The standard InChI is InChI=1S/C15H20N2O2/c1-4-6-11(2)14(10-16)15(18)17-12-7-5-8-13(9-12)19-3/h5,7-9,11,14H,4,6H2,1-3H3,(H,17,18). The Morgan fingerprint density at radius 1 is 1.53 bits per heavy atom. The SMILES string of the molecule is CCCC(C)C(C#N)C(=O)Nc1cccc(OC)c1. The van der Waals surface area contributed by atoms with Crippen molar-refractivity contribution >= 4 is 11.6 Å². The van der Waals surface area contributed by atoms with E-state index in [-0.39, 0.29) is 11.8 Å². The van der Waals surface area contributed by atoms with Gasteiger partial charge in [0.25, 0.3) is 0 Å². The Bertz CT molecular complexity index is 465. The maximum Gasteiger partial charge on any atom is 0.242 e. The van der Waals surface area contributed by atoms with Gasteiger partial charge < -0.3 is 10.1 Å². The van der Waals surface area contributed by atoms with E-state index in [1.54, 1.807) is 31.4 Å². The number of carbonyl (C=O) groups excluding carboxylic acids is 1. The molecule has 0 saturated heterocycles. The summed E-state index contributed by atoms with van der Waals surface area (Å²) in [4.78, 5) is 12.1. The van der Waals surface area contributed by atoms with Crippen LogP contribution in [0.5, 0.6) is 5.75 Å². The Kier molecular flexibility index (Phi) is 5.87. The van der Waals surface area contributed by atoms with Crippen molar-refractivity contribution in [2.24, 2.45) is 11.8 Å². The summed E-state index contributed by atoms with van der Waals surface area (Å²) in [7, 11) is 1.57. The summed E-state index contributed by atoms with van der Waals surface area (Å²) in [5, 5.41) is 11.9. The minimum atomic E-state index is -0.619. The summed E-state index contributed by atoms with van der Waals surface area (Å²) < 4.78 is 5.09. The second-order valence-electron chi connectivity index (χ2n) is 4.59. The first-order valence-electron chi connectivity index (χ1n) is 6.46. The van der Waals surface area contributed by atoms with Crippen LogP contribution in [0.15, 0.2) is 24.3 Å². The van der Waals surface area contributed by atoms with E-state index in [9.17, 15) is 4.79 Å². The number of hydrogen-bond acceptors (Lipinski definition) is 3. The summed E-state index contributed by atoms with van der Waals surface area (Å²) in [6.45, 7) is 3.98. The fourth-order valence-corrected chi connectivity index (χ4v) is 1.99. The van der Waals surface area contributed by atoms with Gasteiger partial charge in [-0.2, -0.15) is 5.26 Å². The Labute approximate surface area is 114 Å². The summed E-state index contributed by atoms with van der Waals surface area (Å²) in [5.41, 5.74) is 0.647. The highest BCUT2D eigenvalue weighted by molar-refractivity contribution is 5.94. The predicted molar refractivity (Wildman–Crippen MR) is 74.8 cm³/mol. The molecule has 0 fully saturated rings. The van der Waals surface area contributed by atoms with E-state index in [1.807, 2.05) is 13.8 Å². The van der Waals surface area contributed by atoms with E-state index in [4.69, 9.17) is 10.00 Å². The van der Waals surface area contributed by atoms with Crippen LogP contribution in [0.25, 0.3) is 0 Å². The van der Waals surface area contributed by atoms with Crippen molar-refractivity contribution in [3.05, 3.63) is 24.3 Å². The number of nitrogens with zero attached hydrogens (tertiary/aromatic N) is 1. The fourth-order valence-electron chi connectivity index (χ4n) is 1.99. The summed E-state index contributed by atoms with van der Waals surface area (Å²) in [6, 6.07) is 9.20. The highest BCUT2D eigenvalue weighted by atomic mass is 16.5. The molecule has 4 nitrogen and oxygen atoms in total.